The van der Waals surface area contributed by atoms with Crippen LogP contribution in [-0.4, -0.2) is 39.1 Å². The van der Waals surface area contributed by atoms with E-state index in [1.165, 1.54) is 11.8 Å². The Labute approximate surface area is 195 Å². The van der Waals surface area contributed by atoms with E-state index in [1.54, 1.807) is 11.3 Å². The van der Waals surface area contributed by atoms with Crippen LogP contribution in [-0.2, 0) is 17.8 Å². The van der Waals surface area contributed by atoms with Crippen molar-refractivity contribution in [2.75, 3.05) is 12.4 Å². The molecule has 1 fully saturated rings. The summed E-state index contributed by atoms with van der Waals surface area (Å²) >= 11 is 3.10. The summed E-state index contributed by atoms with van der Waals surface area (Å²) in [4.78, 5) is 13.7. The van der Waals surface area contributed by atoms with Crippen LogP contribution in [0.4, 0.5) is 0 Å². The van der Waals surface area contributed by atoms with Gasteiger partial charge in [-0.1, -0.05) is 17.8 Å². The Morgan fingerprint density at radius 1 is 1.38 bits per heavy atom. The monoisotopic (exact) mass is 470 g/mol. The maximum absolute atomic E-state index is 12.6. The van der Waals surface area contributed by atoms with Crippen LogP contribution in [0.5, 0.6) is 11.5 Å². The van der Waals surface area contributed by atoms with Gasteiger partial charge in [0.1, 0.15) is 17.6 Å². The summed E-state index contributed by atoms with van der Waals surface area (Å²) in [6, 6.07) is 8.56. The highest BCUT2D eigenvalue weighted by atomic mass is 32.2. The average molecular weight is 471 g/mol. The van der Waals surface area contributed by atoms with E-state index in [1.807, 2.05) is 30.5 Å². The molecule has 9 heteroatoms. The number of carbonyl (C=O) groups is 1. The summed E-state index contributed by atoms with van der Waals surface area (Å²) in [6.45, 7) is 5.00. The number of carbonyl (C=O) groups excluding carboxylic acids is 1. The van der Waals surface area contributed by atoms with E-state index >= 15 is 0 Å². The number of thiophene rings is 1. The largest absolute Gasteiger partial charge is 0.494 e. The molecule has 1 aliphatic carbocycles. The zero-order valence-electron chi connectivity index (χ0n) is 18.2. The fourth-order valence-electron chi connectivity index (χ4n) is 3.90. The third-order valence-electron chi connectivity index (χ3n) is 5.51. The second-order valence-electron chi connectivity index (χ2n) is 8.08. The summed E-state index contributed by atoms with van der Waals surface area (Å²) in [5.74, 6) is 2.84. The van der Waals surface area contributed by atoms with Gasteiger partial charge >= 0.3 is 0 Å². The lowest BCUT2D eigenvalue weighted by Gasteiger charge is -2.13. The van der Waals surface area contributed by atoms with Crippen LogP contribution in [0.25, 0.3) is 10.7 Å². The SMILES string of the molecule is CCOc1cc2c(cc1CNC(=O)CSc1nnc(-c3cccs3)n1C1CC1)O[C@@H](C)C2. The second kappa shape index (κ2) is 9.15. The van der Waals surface area contributed by atoms with Crippen molar-refractivity contribution in [1.82, 2.24) is 20.1 Å². The first kappa shape index (κ1) is 21.3. The highest BCUT2D eigenvalue weighted by molar-refractivity contribution is 7.99. The number of ether oxygens (including phenoxy) is 2. The van der Waals surface area contributed by atoms with E-state index in [9.17, 15) is 4.79 Å². The normalized spacial score (nSPS) is 17.1. The lowest BCUT2D eigenvalue weighted by Crippen LogP contribution is -2.25. The summed E-state index contributed by atoms with van der Waals surface area (Å²) in [5, 5.41) is 14.6. The molecule has 1 saturated carbocycles. The van der Waals surface area contributed by atoms with E-state index in [-0.39, 0.29) is 17.8 Å². The number of nitrogens with one attached hydrogen (secondary N) is 1. The molecule has 1 aliphatic heterocycles. The number of benzene rings is 1. The van der Waals surface area contributed by atoms with Gasteiger partial charge in [-0.05, 0) is 50.3 Å². The van der Waals surface area contributed by atoms with Gasteiger partial charge in [0.25, 0.3) is 0 Å². The van der Waals surface area contributed by atoms with Crippen LogP contribution in [0.2, 0.25) is 0 Å². The Balaban J connectivity index is 1.23. The van der Waals surface area contributed by atoms with Gasteiger partial charge in [-0.15, -0.1) is 21.5 Å². The van der Waals surface area contributed by atoms with Crippen molar-refractivity contribution in [3.05, 3.63) is 40.8 Å². The molecule has 0 bridgehead atoms. The zero-order valence-corrected chi connectivity index (χ0v) is 19.8. The molecule has 3 aromatic rings. The summed E-state index contributed by atoms with van der Waals surface area (Å²) in [6.07, 6.45) is 3.32. The first-order valence-corrected chi connectivity index (χ1v) is 12.8. The molecule has 1 amide bonds. The Hall–Kier alpha value is -2.52. The standard InChI is InChI=1S/C23H26N4O3S2/c1-3-29-18-10-15-9-14(2)30-19(15)11-16(18)12-24-21(28)13-32-23-26-25-22(20-5-4-8-31-20)27(23)17-6-7-17/h4-5,8,10-11,14,17H,3,6-7,9,12-13H2,1-2H3,(H,24,28)/t14-/m0/s1. The predicted molar refractivity (Wildman–Crippen MR) is 126 cm³/mol. The number of amides is 1. The fourth-order valence-corrected chi connectivity index (χ4v) is 5.44. The van der Waals surface area contributed by atoms with Gasteiger partial charge in [0.2, 0.25) is 5.91 Å². The third-order valence-corrected chi connectivity index (χ3v) is 7.31. The fraction of sp³-hybridized carbons (Fsp3) is 0.435. The molecule has 2 aromatic heterocycles. The van der Waals surface area contributed by atoms with E-state index < -0.39 is 0 Å². The van der Waals surface area contributed by atoms with Crippen molar-refractivity contribution >= 4 is 29.0 Å². The predicted octanol–water partition coefficient (Wildman–Crippen LogP) is 4.47. The van der Waals surface area contributed by atoms with Gasteiger partial charge < -0.3 is 14.8 Å². The smallest absolute Gasteiger partial charge is 0.230 e. The number of hydrogen-bond acceptors (Lipinski definition) is 7. The zero-order chi connectivity index (χ0) is 22.1. The molecule has 2 aliphatic rings. The van der Waals surface area contributed by atoms with Gasteiger partial charge in [0.05, 0.1) is 17.2 Å². The van der Waals surface area contributed by atoms with Crippen molar-refractivity contribution in [1.29, 1.82) is 0 Å². The molecule has 3 heterocycles. The number of rotatable bonds is 9. The molecule has 0 unspecified atom stereocenters. The molecule has 32 heavy (non-hydrogen) atoms. The van der Waals surface area contributed by atoms with Crippen LogP contribution in [0, 0.1) is 0 Å². The minimum Gasteiger partial charge on any atom is -0.494 e. The van der Waals surface area contributed by atoms with E-state index in [0.717, 1.165) is 57.7 Å². The number of nitrogens with zero attached hydrogens (tertiary/aromatic N) is 3. The Morgan fingerprint density at radius 2 is 2.25 bits per heavy atom. The molecule has 0 spiro atoms. The molecule has 7 nitrogen and oxygen atoms in total. The summed E-state index contributed by atoms with van der Waals surface area (Å²) < 4.78 is 13.9. The van der Waals surface area contributed by atoms with Gasteiger partial charge in [-0.2, -0.15) is 0 Å². The Morgan fingerprint density at radius 3 is 3.00 bits per heavy atom. The number of aromatic nitrogens is 3. The lowest BCUT2D eigenvalue weighted by atomic mass is 10.1. The minimum atomic E-state index is -0.0461. The second-order valence-corrected chi connectivity index (χ2v) is 9.97. The molecular formula is C23H26N4O3S2. The molecule has 5 rings (SSSR count). The minimum absolute atomic E-state index is 0.0461. The maximum atomic E-state index is 12.6. The maximum Gasteiger partial charge on any atom is 0.230 e. The van der Waals surface area contributed by atoms with Gasteiger partial charge in [-0.25, -0.2) is 0 Å². The number of thioether (sulfide) groups is 1. The first-order chi connectivity index (χ1) is 15.6. The third kappa shape index (κ3) is 4.49. The van der Waals surface area contributed by atoms with Crippen LogP contribution in [0.1, 0.15) is 43.9 Å². The Kier molecular flexibility index (Phi) is 6.10. The number of fused-ring (bicyclic) bond motifs is 1. The molecule has 1 N–H and O–H groups in total. The number of hydrogen-bond donors (Lipinski definition) is 1. The highest BCUT2D eigenvalue weighted by Gasteiger charge is 2.30. The molecule has 0 radical (unpaired) electrons. The molecule has 168 valence electrons. The van der Waals surface area contributed by atoms with Gasteiger partial charge in [0.15, 0.2) is 11.0 Å². The highest BCUT2D eigenvalue weighted by Crippen LogP contribution is 2.41. The van der Waals surface area contributed by atoms with E-state index in [2.05, 4.69) is 33.1 Å². The first-order valence-electron chi connectivity index (χ1n) is 11.0. The average Bonchev–Trinajstić information content (AvgIpc) is 3.15. The van der Waals surface area contributed by atoms with Crippen molar-refractivity contribution in [3.8, 4) is 22.2 Å². The van der Waals surface area contributed by atoms with Gasteiger partial charge in [-0.3, -0.25) is 9.36 Å². The van der Waals surface area contributed by atoms with Gasteiger partial charge in [0, 0.05) is 30.1 Å². The van der Waals surface area contributed by atoms with Crippen molar-refractivity contribution in [2.45, 2.75) is 57.0 Å². The van der Waals surface area contributed by atoms with Crippen LogP contribution >= 0.6 is 23.1 Å². The van der Waals surface area contributed by atoms with Crippen LogP contribution in [0.15, 0.2) is 34.8 Å². The van der Waals surface area contributed by atoms with Crippen molar-refractivity contribution in [3.63, 3.8) is 0 Å². The Bertz CT molecular complexity index is 1110. The molecular weight excluding hydrogens is 444 g/mol. The molecule has 0 saturated heterocycles. The molecule has 1 aromatic carbocycles. The molecule has 1 atom stereocenters. The van der Waals surface area contributed by atoms with Crippen LogP contribution < -0.4 is 14.8 Å². The van der Waals surface area contributed by atoms with Crippen molar-refractivity contribution in [2.24, 2.45) is 0 Å². The summed E-state index contributed by atoms with van der Waals surface area (Å²) in [7, 11) is 0. The lowest BCUT2D eigenvalue weighted by molar-refractivity contribution is -0.118. The van der Waals surface area contributed by atoms with E-state index in [4.69, 9.17) is 9.47 Å². The van der Waals surface area contributed by atoms with Crippen LogP contribution in [0.3, 0.4) is 0 Å². The topological polar surface area (TPSA) is 78.3 Å². The van der Waals surface area contributed by atoms with Crippen molar-refractivity contribution < 1.29 is 14.3 Å². The summed E-state index contributed by atoms with van der Waals surface area (Å²) in [5.41, 5.74) is 2.09. The quantitative estimate of drug-likeness (QED) is 0.465. The van der Waals surface area contributed by atoms with E-state index in [0.29, 0.717) is 19.2 Å².